The van der Waals surface area contributed by atoms with Crippen molar-refractivity contribution in [1.29, 1.82) is 0 Å². The number of nitrogens with one attached hydrogen (secondary N) is 2. The third-order valence-electron chi connectivity index (χ3n) is 9.48. The highest BCUT2D eigenvalue weighted by molar-refractivity contribution is 5.96. The molecule has 1 amide bonds. The second-order valence-electron chi connectivity index (χ2n) is 12.6. The van der Waals surface area contributed by atoms with E-state index in [1.165, 1.54) is 5.57 Å². The molecule has 1 aromatic heterocycles. The number of hydrogen-bond donors (Lipinski definition) is 3. The molecule has 6 rings (SSSR count). The zero-order valence-corrected chi connectivity index (χ0v) is 27.4. The van der Waals surface area contributed by atoms with Gasteiger partial charge in [-0.1, -0.05) is 80.6 Å². The summed E-state index contributed by atoms with van der Waals surface area (Å²) in [6, 6.07) is 12.5. The minimum Gasteiger partial charge on any atom is -0.465 e. The van der Waals surface area contributed by atoms with Crippen LogP contribution in [0.3, 0.4) is 0 Å². The van der Waals surface area contributed by atoms with Gasteiger partial charge in [-0.05, 0) is 83.4 Å². The van der Waals surface area contributed by atoms with Crippen LogP contribution in [-0.2, 0) is 16.0 Å². The number of fused-ring (bicyclic) bond motifs is 3. The number of carboxylic acid groups (broad SMARTS) is 1. The molecule has 1 aliphatic heterocycles. The monoisotopic (exact) mass is 645 g/mol. The molecule has 3 aliphatic rings. The van der Waals surface area contributed by atoms with Gasteiger partial charge in [-0.2, -0.15) is 0 Å². The van der Waals surface area contributed by atoms with E-state index in [2.05, 4.69) is 71.7 Å². The molecular weight excluding hydrogens is 605 g/mol. The Morgan fingerprint density at radius 2 is 2.00 bits per heavy atom. The van der Waals surface area contributed by atoms with E-state index in [0.29, 0.717) is 18.4 Å². The molecule has 48 heavy (non-hydrogen) atoms. The fourth-order valence-electron chi connectivity index (χ4n) is 6.90. The van der Waals surface area contributed by atoms with Crippen molar-refractivity contribution in [3.05, 3.63) is 136 Å². The first-order chi connectivity index (χ1) is 23.2. The van der Waals surface area contributed by atoms with Crippen molar-refractivity contribution in [2.45, 2.75) is 46.1 Å². The van der Waals surface area contributed by atoms with Crippen LogP contribution in [0.25, 0.3) is 16.5 Å². The van der Waals surface area contributed by atoms with Crippen molar-refractivity contribution in [2.75, 3.05) is 6.61 Å². The molecule has 0 saturated heterocycles. The van der Waals surface area contributed by atoms with E-state index in [-0.39, 0.29) is 35.9 Å². The molecule has 0 radical (unpaired) electrons. The number of allylic oxidation sites excluding steroid dienone is 11. The number of carbonyl (C=O) groups excluding carboxylic acids is 1. The Morgan fingerprint density at radius 3 is 2.79 bits per heavy atom. The van der Waals surface area contributed by atoms with Gasteiger partial charge in [0.1, 0.15) is 18.1 Å². The molecule has 4 unspecified atom stereocenters. The van der Waals surface area contributed by atoms with E-state index in [9.17, 15) is 19.1 Å². The highest BCUT2D eigenvalue weighted by Gasteiger charge is 2.29. The Labute approximate surface area is 280 Å². The standard InChI is InChI=1S/C40H40FN3O4/c1-4-26-10-5-6-13-34(37(26)28-16-17-35(41)24(2)18-28)27-11-9-14-32-25(3)29(19-27)21-43-38(32)39(45)48-23-31(44-40(46)47)20-30-22-42-36-15-8-7-12-33(30)36/h5-13,15-19,21-22,25-27,31,42,44H,4,14,20,23H2,1-3H3,(H,46,47)/b11-9-,29-19?. The van der Waals surface area contributed by atoms with E-state index in [0.717, 1.165) is 45.2 Å². The lowest BCUT2D eigenvalue weighted by Gasteiger charge is -2.28. The molecular formula is C40H40FN3O4. The van der Waals surface area contributed by atoms with Gasteiger partial charge in [-0.15, -0.1) is 0 Å². The zero-order chi connectivity index (χ0) is 33.8. The summed E-state index contributed by atoms with van der Waals surface area (Å²) in [5.41, 5.74) is 7.95. The van der Waals surface area contributed by atoms with E-state index >= 15 is 0 Å². The number of para-hydroxylation sites is 1. The molecule has 7 nitrogen and oxygen atoms in total. The topological polar surface area (TPSA) is 104 Å². The Hall–Kier alpha value is -5.24. The molecule has 246 valence electrons. The van der Waals surface area contributed by atoms with Crippen LogP contribution in [-0.4, -0.2) is 41.0 Å². The second-order valence-corrected chi connectivity index (χ2v) is 12.6. The third-order valence-corrected chi connectivity index (χ3v) is 9.48. The highest BCUT2D eigenvalue weighted by atomic mass is 19.1. The van der Waals surface area contributed by atoms with E-state index < -0.39 is 18.1 Å². The molecule has 4 atom stereocenters. The van der Waals surface area contributed by atoms with Crippen molar-refractivity contribution < 1.29 is 23.8 Å². The van der Waals surface area contributed by atoms with Crippen LogP contribution in [0.2, 0.25) is 0 Å². The number of aromatic amines is 1. The van der Waals surface area contributed by atoms with Gasteiger partial charge in [0.2, 0.25) is 0 Å². The molecule has 3 aromatic rings. The predicted molar refractivity (Wildman–Crippen MR) is 188 cm³/mol. The smallest absolute Gasteiger partial charge is 0.405 e. The lowest BCUT2D eigenvalue weighted by Crippen LogP contribution is -2.39. The average molecular weight is 646 g/mol. The number of ether oxygens (including phenoxy) is 1. The normalized spacial score (nSPS) is 21.8. The summed E-state index contributed by atoms with van der Waals surface area (Å²) in [4.78, 5) is 32.8. The van der Waals surface area contributed by atoms with Crippen LogP contribution in [0.1, 0.15) is 43.4 Å². The molecule has 0 saturated carbocycles. The average Bonchev–Trinajstić information content (AvgIpc) is 3.35. The van der Waals surface area contributed by atoms with Gasteiger partial charge in [0.15, 0.2) is 0 Å². The molecule has 8 heteroatoms. The summed E-state index contributed by atoms with van der Waals surface area (Å²) >= 11 is 0. The van der Waals surface area contributed by atoms with Crippen LogP contribution < -0.4 is 5.32 Å². The fourth-order valence-corrected chi connectivity index (χ4v) is 6.90. The number of carbonyl (C=O) groups is 2. The number of rotatable bonds is 9. The third kappa shape index (κ3) is 6.88. The predicted octanol–water partition coefficient (Wildman–Crippen LogP) is 8.42. The molecule has 0 fully saturated rings. The van der Waals surface area contributed by atoms with Crippen molar-refractivity contribution in [1.82, 2.24) is 10.3 Å². The number of esters is 1. The number of amides is 1. The Kier molecular flexibility index (Phi) is 9.71. The first-order valence-corrected chi connectivity index (χ1v) is 16.5. The van der Waals surface area contributed by atoms with Crippen molar-refractivity contribution in [3.8, 4) is 0 Å². The van der Waals surface area contributed by atoms with E-state index in [1.807, 2.05) is 42.6 Å². The quantitative estimate of drug-likeness (QED) is 0.161. The molecule has 3 N–H and O–H groups in total. The highest BCUT2D eigenvalue weighted by Crippen LogP contribution is 2.40. The summed E-state index contributed by atoms with van der Waals surface area (Å²) in [7, 11) is 0. The molecule has 2 heterocycles. The summed E-state index contributed by atoms with van der Waals surface area (Å²) < 4.78 is 20.0. The van der Waals surface area contributed by atoms with Crippen molar-refractivity contribution in [3.63, 3.8) is 0 Å². The van der Waals surface area contributed by atoms with Gasteiger partial charge >= 0.3 is 12.1 Å². The van der Waals surface area contributed by atoms with Crippen molar-refractivity contribution in [2.24, 2.45) is 22.7 Å². The largest absolute Gasteiger partial charge is 0.465 e. The number of halogens is 1. The lowest BCUT2D eigenvalue weighted by atomic mass is 9.78. The number of aromatic nitrogens is 1. The summed E-state index contributed by atoms with van der Waals surface area (Å²) in [5.74, 6) is -0.758. The first-order valence-electron chi connectivity index (χ1n) is 16.5. The fraction of sp³-hybridized carbons (Fsp3) is 0.275. The Morgan fingerprint density at radius 1 is 1.17 bits per heavy atom. The summed E-state index contributed by atoms with van der Waals surface area (Å²) in [6.07, 6.45) is 19.1. The molecule has 2 aliphatic carbocycles. The number of aliphatic imine (C=N–C) groups is 1. The maximum atomic E-state index is 14.3. The van der Waals surface area contributed by atoms with Crippen LogP contribution >= 0.6 is 0 Å². The van der Waals surface area contributed by atoms with Crippen LogP contribution in [0.4, 0.5) is 9.18 Å². The number of hydrogen-bond acceptors (Lipinski definition) is 4. The van der Waals surface area contributed by atoms with Gasteiger partial charge in [-0.3, -0.25) is 0 Å². The van der Waals surface area contributed by atoms with Crippen LogP contribution in [0, 0.1) is 30.5 Å². The number of nitrogens with zero attached hydrogens (tertiary/aromatic N) is 1. The van der Waals surface area contributed by atoms with E-state index in [1.54, 1.807) is 19.2 Å². The minimum absolute atomic E-state index is 0.0538. The zero-order valence-electron chi connectivity index (χ0n) is 27.4. The number of H-pyrrole nitrogens is 1. The molecule has 2 bridgehead atoms. The maximum Gasteiger partial charge on any atom is 0.405 e. The van der Waals surface area contributed by atoms with Gasteiger partial charge in [0, 0.05) is 41.1 Å². The van der Waals surface area contributed by atoms with Gasteiger partial charge in [0.25, 0.3) is 0 Å². The number of aryl methyl sites for hydroxylation is 1. The van der Waals surface area contributed by atoms with Gasteiger partial charge < -0.3 is 20.1 Å². The minimum atomic E-state index is -1.19. The van der Waals surface area contributed by atoms with Crippen LogP contribution in [0.15, 0.2) is 119 Å². The lowest BCUT2D eigenvalue weighted by molar-refractivity contribution is -0.139. The summed E-state index contributed by atoms with van der Waals surface area (Å²) in [5, 5.41) is 13.0. The van der Waals surface area contributed by atoms with Crippen LogP contribution in [0.5, 0.6) is 0 Å². The SMILES string of the molecule is CCC1C=CC=CC(C2C=C3C=NC(C(=O)OCC(Cc4c[nH]c5ccccc45)NC(=O)O)=C(C/C=C\2)C3C)=C1c1ccc(F)c(C)c1. The first kappa shape index (κ1) is 32.7. The number of benzene rings is 2. The van der Waals surface area contributed by atoms with E-state index in [4.69, 9.17) is 4.74 Å². The van der Waals surface area contributed by atoms with Gasteiger partial charge in [-0.25, -0.2) is 19.0 Å². The van der Waals surface area contributed by atoms with Crippen molar-refractivity contribution >= 4 is 34.8 Å². The Bertz CT molecular complexity index is 1960. The maximum absolute atomic E-state index is 14.3. The van der Waals surface area contributed by atoms with Gasteiger partial charge in [0.05, 0.1) is 6.04 Å². The summed E-state index contributed by atoms with van der Waals surface area (Å²) in [6.45, 7) is 5.89. The second kappa shape index (κ2) is 14.3. The molecule has 0 spiro atoms. The Balaban J connectivity index is 1.24. The molecule has 2 aromatic carbocycles.